The van der Waals surface area contributed by atoms with Crippen LogP contribution in [0.2, 0.25) is 0 Å². The van der Waals surface area contributed by atoms with Crippen molar-refractivity contribution in [2.24, 2.45) is 5.92 Å². The Morgan fingerprint density at radius 2 is 2.05 bits per heavy atom. The number of rotatable bonds is 5. The maximum absolute atomic E-state index is 12.9. The molecular formula is C16H18FN3. The van der Waals surface area contributed by atoms with Crippen molar-refractivity contribution in [3.05, 3.63) is 35.6 Å². The molecule has 1 aromatic rings. The zero-order chi connectivity index (χ0) is 14.4. The van der Waals surface area contributed by atoms with Crippen molar-refractivity contribution >= 4 is 0 Å². The van der Waals surface area contributed by atoms with Gasteiger partial charge in [-0.05, 0) is 43.0 Å². The Bertz CT molecular complexity index is 512. The lowest BCUT2D eigenvalue weighted by atomic mass is 9.98. The van der Waals surface area contributed by atoms with Gasteiger partial charge in [0.15, 0.2) is 0 Å². The number of hydrogen-bond acceptors (Lipinski definition) is 3. The summed E-state index contributed by atoms with van der Waals surface area (Å²) in [6.45, 7) is 2.61. The van der Waals surface area contributed by atoms with Crippen molar-refractivity contribution in [3.8, 4) is 12.1 Å². The average molecular weight is 271 g/mol. The second-order valence-corrected chi connectivity index (χ2v) is 5.32. The third kappa shape index (κ3) is 3.79. The highest BCUT2D eigenvalue weighted by Crippen LogP contribution is 2.28. The molecular weight excluding hydrogens is 253 g/mol. The van der Waals surface area contributed by atoms with Crippen LogP contribution in [0.1, 0.15) is 30.7 Å². The SMILES string of the molecule is N#CCC[C@H](C#N)CN1CC[C@H](c2ccc(F)cc2)C1. The molecule has 0 aliphatic carbocycles. The summed E-state index contributed by atoms with van der Waals surface area (Å²) < 4.78 is 12.9. The lowest BCUT2D eigenvalue weighted by Crippen LogP contribution is -2.26. The van der Waals surface area contributed by atoms with Gasteiger partial charge in [0, 0.05) is 19.5 Å². The monoisotopic (exact) mass is 271 g/mol. The molecule has 1 aliphatic heterocycles. The smallest absolute Gasteiger partial charge is 0.123 e. The van der Waals surface area contributed by atoms with Gasteiger partial charge in [0.25, 0.3) is 0 Å². The van der Waals surface area contributed by atoms with Crippen LogP contribution in [0.5, 0.6) is 0 Å². The van der Waals surface area contributed by atoms with Crippen molar-refractivity contribution in [1.82, 2.24) is 4.90 Å². The fraction of sp³-hybridized carbons (Fsp3) is 0.500. The first-order valence-corrected chi connectivity index (χ1v) is 6.97. The lowest BCUT2D eigenvalue weighted by molar-refractivity contribution is 0.296. The summed E-state index contributed by atoms with van der Waals surface area (Å²) in [4.78, 5) is 2.28. The van der Waals surface area contributed by atoms with Crippen molar-refractivity contribution in [3.63, 3.8) is 0 Å². The fourth-order valence-electron chi connectivity index (χ4n) is 2.75. The van der Waals surface area contributed by atoms with E-state index in [0.717, 1.165) is 26.1 Å². The highest BCUT2D eigenvalue weighted by atomic mass is 19.1. The average Bonchev–Trinajstić information content (AvgIpc) is 2.92. The molecule has 1 aliphatic rings. The number of benzene rings is 1. The van der Waals surface area contributed by atoms with E-state index in [1.807, 2.05) is 12.1 Å². The van der Waals surface area contributed by atoms with Crippen LogP contribution in [0.3, 0.4) is 0 Å². The van der Waals surface area contributed by atoms with Crippen LogP contribution >= 0.6 is 0 Å². The summed E-state index contributed by atoms with van der Waals surface area (Å²) in [5.74, 6) is 0.150. The number of nitrogens with zero attached hydrogens (tertiary/aromatic N) is 3. The Kier molecular flexibility index (Phi) is 5.09. The Labute approximate surface area is 119 Å². The fourth-order valence-corrected chi connectivity index (χ4v) is 2.75. The first kappa shape index (κ1) is 14.5. The normalized spacial score (nSPS) is 20.2. The second-order valence-electron chi connectivity index (χ2n) is 5.32. The Balaban J connectivity index is 1.87. The minimum Gasteiger partial charge on any atom is -0.301 e. The predicted octanol–water partition coefficient (Wildman–Crippen LogP) is 3.06. The van der Waals surface area contributed by atoms with Gasteiger partial charge in [-0.2, -0.15) is 10.5 Å². The van der Waals surface area contributed by atoms with Crippen LogP contribution < -0.4 is 0 Å². The van der Waals surface area contributed by atoms with Gasteiger partial charge in [0.05, 0.1) is 18.1 Å². The maximum atomic E-state index is 12.9. The van der Waals surface area contributed by atoms with Gasteiger partial charge in [-0.15, -0.1) is 0 Å². The van der Waals surface area contributed by atoms with Gasteiger partial charge in [-0.25, -0.2) is 4.39 Å². The zero-order valence-corrected chi connectivity index (χ0v) is 11.4. The van der Waals surface area contributed by atoms with Crippen LogP contribution in [0.15, 0.2) is 24.3 Å². The lowest BCUT2D eigenvalue weighted by Gasteiger charge is -2.18. The first-order valence-electron chi connectivity index (χ1n) is 6.97. The number of hydrogen-bond donors (Lipinski definition) is 0. The van der Waals surface area contributed by atoms with Gasteiger partial charge in [0.2, 0.25) is 0 Å². The van der Waals surface area contributed by atoms with Gasteiger partial charge in [0.1, 0.15) is 5.82 Å². The molecule has 3 nitrogen and oxygen atoms in total. The topological polar surface area (TPSA) is 50.8 Å². The van der Waals surface area contributed by atoms with Crippen LogP contribution in [-0.2, 0) is 0 Å². The van der Waals surface area contributed by atoms with E-state index in [1.54, 1.807) is 0 Å². The van der Waals surface area contributed by atoms with Crippen LogP contribution in [-0.4, -0.2) is 24.5 Å². The molecule has 2 atom stereocenters. The molecule has 1 fully saturated rings. The van der Waals surface area contributed by atoms with Gasteiger partial charge in [-0.3, -0.25) is 0 Å². The molecule has 0 spiro atoms. The molecule has 4 heteroatoms. The summed E-state index contributed by atoms with van der Waals surface area (Å²) in [5.41, 5.74) is 1.17. The van der Waals surface area contributed by atoms with Crippen LogP contribution in [0.25, 0.3) is 0 Å². The number of halogens is 1. The van der Waals surface area contributed by atoms with Crippen molar-refractivity contribution < 1.29 is 4.39 Å². The third-order valence-corrected chi connectivity index (χ3v) is 3.88. The largest absolute Gasteiger partial charge is 0.301 e. The molecule has 2 rings (SSSR count). The zero-order valence-electron chi connectivity index (χ0n) is 11.4. The highest BCUT2D eigenvalue weighted by Gasteiger charge is 2.25. The number of nitriles is 2. The summed E-state index contributed by atoms with van der Waals surface area (Å²) in [6, 6.07) is 11.1. The summed E-state index contributed by atoms with van der Waals surface area (Å²) >= 11 is 0. The summed E-state index contributed by atoms with van der Waals surface area (Å²) in [6.07, 6.45) is 2.13. The molecule has 0 saturated carbocycles. The molecule has 0 unspecified atom stereocenters. The van der Waals surface area contributed by atoms with E-state index in [4.69, 9.17) is 10.5 Å². The van der Waals surface area contributed by atoms with E-state index in [1.165, 1.54) is 17.7 Å². The van der Waals surface area contributed by atoms with Crippen molar-refractivity contribution in [2.45, 2.75) is 25.2 Å². The molecule has 0 radical (unpaired) electrons. The van der Waals surface area contributed by atoms with E-state index >= 15 is 0 Å². The Morgan fingerprint density at radius 3 is 2.70 bits per heavy atom. The summed E-state index contributed by atoms with van der Waals surface area (Å²) in [7, 11) is 0. The Morgan fingerprint density at radius 1 is 1.30 bits per heavy atom. The standard InChI is InChI=1S/C16H18FN3/c17-16-5-3-14(4-6-16)15-7-9-20(12-15)11-13(10-19)2-1-8-18/h3-6,13,15H,1-2,7,9,11-12H2/t13-,15+/m1/s1. The van der Waals surface area contributed by atoms with Crippen LogP contribution in [0, 0.1) is 34.4 Å². The van der Waals surface area contributed by atoms with Gasteiger partial charge < -0.3 is 4.90 Å². The molecule has 0 bridgehead atoms. The van der Waals surface area contributed by atoms with Gasteiger partial charge in [-0.1, -0.05) is 12.1 Å². The molecule has 0 N–H and O–H groups in total. The van der Waals surface area contributed by atoms with E-state index in [2.05, 4.69) is 17.0 Å². The van der Waals surface area contributed by atoms with Crippen LogP contribution in [0.4, 0.5) is 4.39 Å². The van der Waals surface area contributed by atoms with E-state index in [0.29, 0.717) is 18.8 Å². The predicted molar refractivity (Wildman–Crippen MR) is 74.1 cm³/mol. The van der Waals surface area contributed by atoms with Crippen molar-refractivity contribution in [2.75, 3.05) is 19.6 Å². The van der Waals surface area contributed by atoms with Crippen molar-refractivity contribution in [1.29, 1.82) is 10.5 Å². The molecule has 20 heavy (non-hydrogen) atoms. The van der Waals surface area contributed by atoms with E-state index in [-0.39, 0.29) is 11.7 Å². The quantitative estimate of drug-likeness (QED) is 0.827. The molecule has 1 aromatic carbocycles. The van der Waals surface area contributed by atoms with E-state index in [9.17, 15) is 4.39 Å². The Hall–Kier alpha value is -1.91. The minimum atomic E-state index is -0.204. The summed E-state index contributed by atoms with van der Waals surface area (Å²) in [5, 5.41) is 17.7. The molecule has 0 amide bonds. The molecule has 1 saturated heterocycles. The minimum absolute atomic E-state index is 0.0679. The second kappa shape index (κ2) is 7.03. The number of likely N-dealkylation sites (tertiary alicyclic amines) is 1. The molecule has 0 aromatic heterocycles. The van der Waals surface area contributed by atoms with Gasteiger partial charge >= 0.3 is 0 Å². The third-order valence-electron chi connectivity index (χ3n) is 3.88. The maximum Gasteiger partial charge on any atom is 0.123 e. The molecule has 104 valence electrons. The van der Waals surface area contributed by atoms with E-state index < -0.39 is 0 Å². The molecule has 1 heterocycles. The highest BCUT2D eigenvalue weighted by molar-refractivity contribution is 5.22. The first-order chi connectivity index (χ1) is 9.72.